The van der Waals surface area contributed by atoms with E-state index in [0.29, 0.717) is 13.2 Å². The fourth-order valence-corrected chi connectivity index (χ4v) is 2.11. The molecule has 0 aromatic rings. The van der Waals surface area contributed by atoms with Crippen molar-refractivity contribution < 1.29 is 9.53 Å². The van der Waals surface area contributed by atoms with E-state index in [1.807, 2.05) is 6.92 Å². The number of guanidine groups is 1. The molecule has 0 spiro atoms. The Hall–Kier alpha value is -1.26. The van der Waals surface area contributed by atoms with Crippen LogP contribution in [-0.4, -0.2) is 49.1 Å². The van der Waals surface area contributed by atoms with Gasteiger partial charge in [-0.3, -0.25) is 9.79 Å². The van der Waals surface area contributed by atoms with Gasteiger partial charge < -0.3 is 15.0 Å². The van der Waals surface area contributed by atoms with Gasteiger partial charge in [0.25, 0.3) is 0 Å². The molecule has 0 amide bonds. The van der Waals surface area contributed by atoms with E-state index >= 15 is 0 Å². The first kappa shape index (κ1) is 10.3. The number of hydrogen-bond donors (Lipinski definition) is 1. The Morgan fingerprint density at radius 1 is 1.73 bits per heavy atom. The summed E-state index contributed by atoms with van der Waals surface area (Å²) in [5.41, 5.74) is 0. The van der Waals surface area contributed by atoms with Gasteiger partial charge in [0.05, 0.1) is 19.1 Å². The van der Waals surface area contributed by atoms with Crippen LogP contribution in [0.1, 0.15) is 13.8 Å². The largest absolute Gasteiger partial charge is 0.466 e. The first-order valence-corrected chi connectivity index (χ1v) is 5.45. The van der Waals surface area contributed by atoms with E-state index in [9.17, 15) is 4.79 Å². The SMILES string of the molecule is CCOC(=O)C1CN=C2NCCN2C1C. The van der Waals surface area contributed by atoms with Crippen LogP contribution in [0, 0.1) is 5.92 Å². The van der Waals surface area contributed by atoms with E-state index < -0.39 is 0 Å². The molecular formula is C10H17N3O2. The van der Waals surface area contributed by atoms with Gasteiger partial charge in [-0.15, -0.1) is 0 Å². The van der Waals surface area contributed by atoms with Crippen LogP contribution in [-0.2, 0) is 9.53 Å². The third-order valence-electron chi connectivity index (χ3n) is 3.01. The van der Waals surface area contributed by atoms with Gasteiger partial charge in [-0.2, -0.15) is 0 Å². The predicted octanol–water partition coefficient (Wildman–Crippen LogP) is -0.171. The lowest BCUT2D eigenvalue weighted by atomic mass is 9.99. The molecule has 2 aliphatic rings. The van der Waals surface area contributed by atoms with E-state index in [2.05, 4.69) is 22.1 Å². The molecule has 1 N–H and O–H groups in total. The lowest BCUT2D eigenvalue weighted by Gasteiger charge is -2.34. The van der Waals surface area contributed by atoms with Gasteiger partial charge in [-0.1, -0.05) is 0 Å². The van der Waals surface area contributed by atoms with Crippen LogP contribution in [0.3, 0.4) is 0 Å². The second-order valence-electron chi connectivity index (χ2n) is 3.88. The lowest BCUT2D eigenvalue weighted by molar-refractivity contribution is -0.149. The molecule has 5 nitrogen and oxygen atoms in total. The molecule has 1 saturated heterocycles. The Morgan fingerprint density at radius 3 is 3.27 bits per heavy atom. The monoisotopic (exact) mass is 211 g/mol. The molecule has 2 aliphatic heterocycles. The van der Waals surface area contributed by atoms with Crippen molar-refractivity contribution in [2.75, 3.05) is 26.2 Å². The highest BCUT2D eigenvalue weighted by molar-refractivity contribution is 5.85. The predicted molar refractivity (Wildman–Crippen MR) is 56.6 cm³/mol. The molecule has 0 aromatic heterocycles. The van der Waals surface area contributed by atoms with Crippen molar-refractivity contribution in [1.82, 2.24) is 10.2 Å². The maximum atomic E-state index is 11.7. The lowest BCUT2D eigenvalue weighted by Crippen LogP contribution is -2.49. The van der Waals surface area contributed by atoms with Crippen molar-refractivity contribution >= 4 is 11.9 Å². The number of hydrogen-bond acceptors (Lipinski definition) is 5. The fraction of sp³-hybridized carbons (Fsp3) is 0.800. The minimum Gasteiger partial charge on any atom is -0.466 e. The molecular weight excluding hydrogens is 194 g/mol. The number of rotatable bonds is 2. The second kappa shape index (κ2) is 4.08. The standard InChI is InChI=1S/C10H17N3O2/c1-3-15-9(14)8-6-12-10-11-4-5-13(10)7(8)2/h7-8H,3-6H2,1-2H3,(H,11,12). The summed E-state index contributed by atoms with van der Waals surface area (Å²) < 4.78 is 5.04. The molecule has 15 heavy (non-hydrogen) atoms. The summed E-state index contributed by atoms with van der Waals surface area (Å²) in [6.07, 6.45) is 0. The first-order chi connectivity index (χ1) is 7.24. The van der Waals surface area contributed by atoms with Gasteiger partial charge in [0, 0.05) is 19.1 Å². The normalized spacial score (nSPS) is 29.2. The second-order valence-corrected chi connectivity index (χ2v) is 3.88. The van der Waals surface area contributed by atoms with Crippen molar-refractivity contribution in [3.05, 3.63) is 0 Å². The molecule has 0 bridgehead atoms. The van der Waals surface area contributed by atoms with E-state index in [1.54, 1.807) is 0 Å². The van der Waals surface area contributed by atoms with Gasteiger partial charge in [0.15, 0.2) is 5.96 Å². The minimum atomic E-state index is -0.125. The van der Waals surface area contributed by atoms with Crippen molar-refractivity contribution in [1.29, 1.82) is 0 Å². The summed E-state index contributed by atoms with van der Waals surface area (Å²) in [5.74, 6) is 0.691. The topological polar surface area (TPSA) is 53.9 Å². The van der Waals surface area contributed by atoms with Gasteiger partial charge in [-0.25, -0.2) is 0 Å². The Kier molecular flexibility index (Phi) is 2.79. The number of carbonyl (C=O) groups is 1. The molecule has 2 rings (SSSR count). The van der Waals surface area contributed by atoms with Gasteiger partial charge >= 0.3 is 5.97 Å². The first-order valence-electron chi connectivity index (χ1n) is 5.45. The number of esters is 1. The van der Waals surface area contributed by atoms with Crippen LogP contribution in [0.15, 0.2) is 4.99 Å². The Bertz CT molecular complexity index is 290. The summed E-state index contributed by atoms with van der Waals surface area (Å²) in [7, 11) is 0. The van der Waals surface area contributed by atoms with Crippen LogP contribution in [0.4, 0.5) is 0 Å². The Balaban J connectivity index is 2.07. The molecule has 2 unspecified atom stereocenters. The molecule has 0 saturated carbocycles. The van der Waals surface area contributed by atoms with Crippen LogP contribution in [0.5, 0.6) is 0 Å². The molecule has 5 heteroatoms. The van der Waals surface area contributed by atoms with E-state index in [0.717, 1.165) is 19.0 Å². The van der Waals surface area contributed by atoms with Crippen molar-refractivity contribution in [3.8, 4) is 0 Å². The Labute approximate surface area is 89.5 Å². The molecule has 0 radical (unpaired) electrons. The molecule has 2 atom stereocenters. The average Bonchev–Trinajstić information content (AvgIpc) is 2.67. The van der Waals surface area contributed by atoms with Crippen molar-refractivity contribution in [3.63, 3.8) is 0 Å². The number of ether oxygens (including phenoxy) is 1. The number of carbonyl (C=O) groups excluding carboxylic acids is 1. The third-order valence-corrected chi connectivity index (χ3v) is 3.01. The summed E-state index contributed by atoms with van der Waals surface area (Å²) in [6, 6.07) is 0.187. The van der Waals surface area contributed by atoms with Crippen LogP contribution < -0.4 is 5.32 Å². The third kappa shape index (κ3) is 1.78. The molecule has 1 fully saturated rings. The highest BCUT2D eigenvalue weighted by Crippen LogP contribution is 2.20. The van der Waals surface area contributed by atoms with E-state index in [-0.39, 0.29) is 17.9 Å². The summed E-state index contributed by atoms with van der Waals surface area (Å²) in [4.78, 5) is 18.2. The van der Waals surface area contributed by atoms with Crippen molar-refractivity contribution in [2.45, 2.75) is 19.9 Å². The van der Waals surface area contributed by atoms with Crippen LogP contribution >= 0.6 is 0 Å². The van der Waals surface area contributed by atoms with Gasteiger partial charge in [0.1, 0.15) is 0 Å². The molecule has 2 heterocycles. The zero-order valence-electron chi connectivity index (χ0n) is 9.19. The highest BCUT2D eigenvalue weighted by Gasteiger charge is 2.37. The van der Waals surface area contributed by atoms with E-state index in [1.165, 1.54) is 0 Å². The smallest absolute Gasteiger partial charge is 0.312 e. The average molecular weight is 211 g/mol. The van der Waals surface area contributed by atoms with E-state index in [4.69, 9.17) is 4.74 Å². The quantitative estimate of drug-likeness (QED) is 0.644. The fourth-order valence-electron chi connectivity index (χ4n) is 2.11. The van der Waals surface area contributed by atoms with Gasteiger partial charge in [0.2, 0.25) is 0 Å². The molecule has 0 aromatic carbocycles. The summed E-state index contributed by atoms with van der Waals surface area (Å²) in [6.45, 7) is 6.71. The van der Waals surface area contributed by atoms with Crippen molar-refractivity contribution in [2.24, 2.45) is 10.9 Å². The molecule has 0 aliphatic carbocycles. The van der Waals surface area contributed by atoms with Gasteiger partial charge in [-0.05, 0) is 13.8 Å². The maximum Gasteiger partial charge on any atom is 0.312 e. The highest BCUT2D eigenvalue weighted by atomic mass is 16.5. The minimum absolute atomic E-state index is 0.117. The zero-order chi connectivity index (χ0) is 10.8. The van der Waals surface area contributed by atoms with Crippen LogP contribution in [0.2, 0.25) is 0 Å². The number of aliphatic imine (C=N–C) groups is 1. The number of fused-ring (bicyclic) bond motifs is 1. The molecule has 84 valence electrons. The zero-order valence-corrected chi connectivity index (χ0v) is 9.19. The summed E-state index contributed by atoms with van der Waals surface area (Å²) in [5, 5.41) is 3.20. The number of nitrogens with one attached hydrogen (secondary N) is 1. The van der Waals surface area contributed by atoms with Crippen LogP contribution in [0.25, 0.3) is 0 Å². The maximum absolute atomic E-state index is 11.7. The Morgan fingerprint density at radius 2 is 2.53 bits per heavy atom. The number of nitrogens with zero attached hydrogens (tertiary/aromatic N) is 2. The summed E-state index contributed by atoms with van der Waals surface area (Å²) >= 11 is 0.